The smallest absolute Gasteiger partial charge is 0.000785 e. The fourth-order valence-electron chi connectivity index (χ4n) is 5.23. The molecule has 0 atom stereocenters. The summed E-state index contributed by atoms with van der Waals surface area (Å²) in [5.41, 5.74) is 10.8. The van der Waals surface area contributed by atoms with Gasteiger partial charge in [-0.3, -0.25) is 0 Å². The van der Waals surface area contributed by atoms with E-state index in [4.69, 9.17) is 0 Å². The molecule has 0 unspecified atom stereocenters. The lowest BCUT2D eigenvalue weighted by atomic mass is 9.91. The topological polar surface area (TPSA) is 0 Å². The quantitative estimate of drug-likeness (QED) is 0.279. The van der Waals surface area contributed by atoms with Crippen molar-refractivity contribution in [3.8, 4) is 0 Å². The van der Waals surface area contributed by atoms with Crippen LogP contribution in [0.3, 0.4) is 0 Å². The third-order valence-corrected chi connectivity index (χ3v) is 6.54. The fourth-order valence-corrected chi connectivity index (χ4v) is 5.23. The van der Waals surface area contributed by atoms with Crippen LogP contribution in [0.4, 0.5) is 0 Å². The number of hydrogen-bond acceptors (Lipinski definition) is 0. The molecular formula is C30H18. The summed E-state index contributed by atoms with van der Waals surface area (Å²) in [6.45, 7) is 0. The van der Waals surface area contributed by atoms with Crippen LogP contribution in [-0.2, 0) is 0 Å². The Morgan fingerprint density at radius 1 is 0.467 bits per heavy atom. The van der Waals surface area contributed by atoms with Crippen molar-refractivity contribution in [1.82, 2.24) is 0 Å². The highest BCUT2D eigenvalue weighted by atomic mass is 14.4. The van der Waals surface area contributed by atoms with E-state index in [2.05, 4.69) is 109 Å². The van der Waals surface area contributed by atoms with E-state index in [1.165, 1.54) is 66.1 Å². The fraction of sp³-hybridized carbons (Fsp3) is 0. The highest BCUT2D eigenvalue weighted by Gasteiger charge is 2.34. The SMILES string of the molecule is C1=C2C(=C(c3ccccc3)c3cc4ccccc4cc32)c2c1ccc1ccccc21. The first-order valence-corrected chi connectivity index (χ1v) is 10.5. The third kappa shape index (κ3) is 2.06. The maximum absolute atomic E-state index is 2.39. The van der Waals surface area contributed by atoms with Crippen LogP contribution in [-0.4, -0.2) is 0 Å². The highest BCUT2D eigenvalue weighted by Crippen LogP contribution is 2.56. The zero-order valence-electron chi connectivity index (χ0n) is 16.4. The first-order valence-electron chi connectivity index (χ1n) is 10.5. The van der Waals surface area contributed by atoms with Gasteiger partial charge in [0.25, 0.3) is 0 Å². The molecule has 0 spiro atoms. The van der Waals surface area contributed by atoms with Gasteiger partial charge in [-0.25, -0.2) is 0 Å². The van der Waals surface area contributed by atoms with Gasteiger partial charge in [0.1, 0.15) is 0 Å². The largest absolute Gasteiger partial charge is 0.0622 e. The Hall–Kier alpha value is -3.90. The first kappa shape index (κ1) is 16.0. The maximum atomic E-state index is 2.39. The van der Waals surface area contributed by atoms with E-state index in [1.54, 1.807) is 0 Å². The lowest BCUT2D eigenvalue weighted by Crippen LogP contribution is -1.91. The van der Waals surface area contributed by atoms with Gasteiger partial charge >= 0.3 is 0 Å². The van der Waals surface area contributed by atoms with Crippen molar-refractivity contribution in [2.24, 2.45) is 0 Å². The van der Waals surface area contributed by atoms with Gasteiger partial charge in [-0.05, 0) is 84.3 Å². The molecule has 0 radical (unpaired) electrons. The molecule has 0 heterocycles. The molecule has 2 aliphatic carbocycles. The van der Waals surface area contributed by atoms with Crippen molar-refractivity contribution in [1.29, 1.82) is 0 Å². The van der Waals surface area contributed by atoms with Gasteiger partial charge < -0.3 is 0 Å². The zero-order valence-corrected chi connectivity index (χ0v) is 16.4. The molecule has 30 heavy (non-hydrogen) atoms. The summed E-state index contributed by atoms with van der Waals surface area (Å²) in [7, 11) is 0. The summed E-state index contributed by atoms with van der Waals surface area (Å²) < 4.78 is 0. The van der Waals surface area contributed by atoms with Crippen molar-refractivity contribution >= 4 is 44.3 Å². The minimum absolute atomic E-state index is 1.29. The summed E-state index contributed by atoms with van der Waals surface area (Å²) in [5.74, 6) is 0. The van der Waals surface area contributed by atoms with Gasteiger partial charge in [0.05, 0.1) is 0 Å². The average molecular weight is 378 g/mol. The highest BCUT2D eigenvalue weighted by molar-refractivity contribution is 6.34. The number of fused-ring (bicyclic) bond motifs is 8. The van der Waals surface area contributed by atoms with Crippen molar-refractivity contribution in [2.75, 3.05) is 0 Å². The normalized spacial score (nSPS) is 14.1. The molecule has 0 aromatic heterocycles. The molecule has 0 fully saturated rings. The number of rotatable bonds is 1. The molecule has 2 aliphatic rings. The van der Waals surface area contributed by atoms with Crippen LogP contribution in [0.25, 0.3) is 44.3 Å². The molecule has 5 aromatic rings. The van der Waals surface area contributed by atoms with Crippen molar-refractivity contribution in [2.45, 2.75) is 0 Å². The molecule has 0 N–H and O–H groups in total. The van der Waals surface area contributed by atoms with Gasteiger partial charge in [-0.2, -0.15) is 0 Å². The Labute approximate surface area is 175 Å². The number of allylic oxidation sites excluding steroid dienone is 2. The van der Waals surface area contributed by atoms with Gasteiger partial charge in [-0.15, -0.1) is 0 Å². The van der Waals surface area contributed by atoms with E-state index in [0.717, 1.165) is 0 Å². The molecule has 0 saturated carbocycles. The standard InChI is InChI=1S/C30H18/c1-2-9-20(10-3-1)28-26-17-22-12-5-4-11-21(22)16-25(26)27-18-23-15-14-19-8-6-7-13-24(19)29(23)30(27)28/h1-18H. The van der Waals surface area contributed by atoms with E-state index < -0.39 is 0 Å². The van der Waals surface area contributed by atoms with Crippen LogP contribution in [0, 0.1) is 0 Å². The Morgan fingerprint density at radius 3 is 1.93 bits per heavy atom. The van der Waals surface area contributed by atoms with Crippen LogP contribution >= 0.6 is 0 Å². The summed E-state index contributed by atoms with van der Waals surface area (Å²) in [5, 5.41) is 5.23. The summed E-state index contributed by atoms with van der Waals surface area (Å²) in [4.78, 5) is 0. The van der Waals surface area contributed by atoms with E-state index in [-0.39, 0.29) is 0 Å². The van der Waals surface area contributed by atoms with Crippen LogP contribution in [0.5, 0.6) is 0 Å². The third-order valence-electron chi connectivity index (χ3n) is 6.54. The number of hydrogen-bond donors (Lipinski definition) is 0. The van der Waals surface area contributed by atoms with Crippen LogP contribution in [0.1, 0.15) is 27.8 Å². The Morgan fingerprint density at radius 2 is 1.13 bits per heavy atom. The molecule has 0 aliphatic heterocycles. The molecule has 0 amide bonds. The second-order valence-electron chi connectivity index (χ2n) is 8.17. The van der Waals surface area contributed by atoms with Crippen molar-refractivity contribution in [3.63, 3.8) is 0 Å². The molecule has 138 valence electrons. The second kappa shape index (κ2) is 5.81. The number of benzene rings is 5. The van der Waals surface area contributed by atoms with E-state index in [0.29, 0.717) is 0 Å². The van der Waals surface area contributed by atoms with E-state index in [9.17, 15) is 0 Å². The first-order chi connectivity index (χ1) is 14.9. The molecule has 0 heteroatoms. The Kier molecular flexibility index (Phi) is 3.09. The molecule has 5 aromatic carbocycles. The van der Waals surface area contributed by atoms with Gasteiger partial charge in [0, 0.05) is 0 Å². The van der Waals surface area contributed by atoms with Gasteiger partial charge in [0.2, 0.25) is 0 Å². The van der Waals surface area contributed by atoms with Crippen LogP contribution in [0.2, 0.25) is 0 Å². The molecule has 0 bridgehead atoms. The predicted molar refractivity (Wildman–Crippen MR) is 128 cm³/mol. The van der Waals surface area contributed by atoms with Crippen LogP contribution in [0.15, 0.2) is 103 Å². The zero-order chi connectivity index (χ0) is 19.7. The Balaban J connectivity index is 1.64. The minimum atomic E-state index is 1.29. The second-order valence-corrected chi connectivity index (χ2v) is 8.17. The lowest BCUT2D eigenvalue weighted by molar-refractivity contribution is 1.57. The molecule has 0 nitrogen and oxygen atoms in total. The monoisotopic (exact) mass is 378 g/mol. The molecule has 0 saturated heterocycles. The van der Waals surface area contributed by atoms with Crippen LogP contribution < -0.4 is 0 Å². The van der Waals surface area contributed by atoms with E-state index >= 15 is 0 Å². The van der Waals surface area contributed by atoms with Crippen molar-refractivity contribution < 1.29 is 0 Å². The van der Waals surface area contributed by atoms with Gasteiger partial charge in [0.15, 0.2) is 0 Å². The minimum Gasteiger partial charge on any atom is -0.0622 e. The maximum Gasteiger partial charge on any atom is -0.000785 e. The van der Waals surface area contributed by atoms with E-state index in [1.807, 2.05) is 0 Å². The summed E-state index contributed by atoms with van der Waals surface area (Å²) >= 11 is 0. The lowest BCUT2D eigenvalue weighted by Gasteiger charge is -2.12. The Bertz CT molecular complexity index is 1560. The average Bonchev–Trinajstić information content (AvgIpc) is 3.32. The molecular weight excluding hydrogens is 360 g/mol. The summed E-state index contributed by atoms with van der Waals surface area (Å²) in [6, 6.07) is 37.6. The van der Waals surface area contributed by atoms with Gasteiger partial charge in [-0.1, -0.05) is 91.0 Å². The predicted octanol–water partition coefficient (Wildman–Crippen LogP) is 7.82. The molecule has 7 rings (SSSR count). The van der Waals surface area contributed by atoms with Crippen molar-refractivity contribution in [3.05, 3.63) is 131 Å². The summed E-state index contributed by atoms with van der Waals surface area (Å²) in [6.07, 6.45) is 2.39.